The zero-order chi connectivity index (χ0) is 18.8. The Morgan fingerprint density at radius 2 is 2.04 bits per heavy atom. The van der Waals surface area contributed by atoms with Crippen LogP contribution in [-0.4, -0.2) is 57.8 Å². The van der Waals surface area contributed by atoms with Crippen LogP contribution in [0.1, 0.15) is 32.8 Å². The Balaban J connectivity index is 1.66. The first-order chi connectivity index (χ1) is 12.3. The van der Waals surface area contributed by atoms with E-state index < -0.39 is 10.0 Å². The van der Waals surface area contributed by atoms with Gasteiger partial charge in [0.15, 0.2) is 5.96 Å². The van der Waals surface area contributed by atoms with Crippen LogP contribution in [0.25, 0.3) is 0 Å². The van der Waals surface area contributed by atoms with Gasteiger partial charge in [-0.1, -0.05) is 32.0 Å². The molecule has 2 heterocycles. The first-order valence-electron chi connectivity index (χ1n) is 9.44. The standard InChI is InChI=1S/C19H30N4O2S/c1-4-20-18(22-13-10-19(2,3)15-22)21-11-14-26(24,25)23-12-9-16-7-5-6-8-17(16)23/h5-8H,4,9-15H2,1-3H3,(H,20,21). The van der Waals surface area contributed by atoms with Crippen molar-refractivity contribution in [2.75, 3.05) is 42.8 Å². The predicted molar refractivity (Wildman–Crippen MR) is 107 cm³/mol. The summed E-state index contributed by atoms with van der Waals surface area (Å²) in [5.41, 5.74) is 2.21. The predicted octanol–water partition coefficient (Wildman–Crippen LogP) is 2.08. The highest BCUT2D eigenvalue weighted by Gasteiger charge is 2.31. The van der Waals surface area contributed by atoms with Crippen LogP contribution in [0.4, 0.5) is 5.69 Å². The van der Waals surface area contributed by atoms with Gasteiger partial charge in [-0.05, 0) is 36.8 Å². The zero-order valence-electron chi connectivity index (χ0n) is 16.0. The molecule has 6 nitrogen and oxygen atoms in total. The largest absolute Gasteiger partial charge is 0.357 e. The maximum Gasteiger partial charge on any atom is 0.237 e. The van der Waals surface area contributed by atoms with Crippen LogP contribution in [0.15, 0.2) is 29.3 Å². The summed E-state index contributed by atoms with van der Waals surface area (Å²) in [6, 6.07) is 7.74. The Labute approximate surface area is 157 Å². The number of hydrogen-bond acceptors (Lipinski definition) is 3. The fourth-order valence-corrected chi connectivity index (χ4v) is 5.08. The second kappa shape index (κ2) is 7.47. The minimum absolute atomic E-state index is 0.0352. The molecule has 1 saturated heterocycles. The van der Waals surface area contributed by atoms with Crippen molar-refractivity contribution < 1.29 is 8.42 Å². The number of sulfonamides is 1. The Hall–Kier alpha value is -1.76. The van der Waals surface area contributed by atoms with Gasteiger partial charge >= 0.3 is 0 Å². The molecule has 0 amide bonds. The molecule has 0 spiro atoms. The first-order valence-corrected chi connectivity index (χ1v) is 11.0. The van der Waals surface area contributed by atoms with Crippen LogP contribution in [0.5, 0.6) is 0 Å². The van der Waals surface area contributed by atoms with Gasteiger partial charge in [-0.25, -0.2) is 8.42 Å². The van der Waals surface area contributed by atoms with E-state index in [1.807, 2.05) is 31.2 Å². The Morgan fingerprint density at radius 1 is 1.27 bits per heavy atom. The molecule has 0 unspecified atom stereocenters. The fraction of sp³-hybridized carbons (Fsp3) is 0.632. The number of likely N-dealkylation sites (tertiary alicyclic amines) is 1. The molecule has 0 radical (unpaired) electrons. The molecule has 1 aromatic rings. The Bertz CT molecular complexity index is 773. The molecule has 144 valence electrons. The smallest absolute Gasteiger partial charge is 0.237 e. The number of fused-ring (bicyclic) bond motifs is 1. The summed E-state index contributed by atoms with van der Waals surface area (Å²) in [4.78, 5) is 6.84. The lowest BCUT2D eigenvalue weighted by Gasteiger charge is -2.24. The average Bonchev–Trinajstić information content (AvgIpc) is 3.17. The van der Waals surface area contributed by atoms with E-state index in [9.17, 15) is 8.42 Å². The van der Waals surface area contributed by atoms with E-state index in [0.29, 0.717) is 6.54 Å². The molecule has 26 heavy (non-hydrogen) atoms. The van der Waals surface area contributed by atoms with Crippen molar-refractivity contribution in [3.63, 3.8) is 0 Å². The molecular formula is C19H30N4O2S. The summed E-state index contributed by atoms with van der Waals surface area (Å²) >= 11 is 0. The van der Waals surface area contributed by atoms with Crippen molar-refractivity contribution >= 4 is 21.7 Å². The maximum absolute atomic E-state index is 12.8. The maximum atomic E-state index is 12.8. The van der Waals surface area contributed by atoms with Crippen LogP contribution in [0, 0.1) is 5.41 Å². The van der Waals surface area contributed by atoms with Crippen molar-refractivity contribution in [2.24, 2.45) is 10.4 Å². The highest BCUT2D eigenvalue weighted by molar-refractivity contribution is 7.92. The molecule has 2 aliphatic heterocycles. The van der Waals surface area contributed by atoms with E-state index in [4.69, 9.17) is 0 Å². The van der Waals surface area contributed by atoms with Crippen LogP contribution in [0.2, 0.25) is 0 Å². The van der Waals surface area contributed by atoms with E-state index in [1.165, 1.54) is 0 Å². The molecule has 3 rings (SSSR count). The molecule has 2 aliphatic rings. The quantitative estimate of drug-likeness (QED) is 0.629. The van der Waals surface area contributed by atoms with Crippen LogP contribution < -0.4 is 9.62 Å². The topological polar surface area (TPSA) is 65.0 Å². The third-order valence-electron chi connectivity index (χ3n) is 5.10. The number of guanidine groups is 1. The highest BCUT2D eigenvalue weighted by Crippen LogP contribution is 2.30. The highest BCUT2D eigenvalue weighted by atomic mass is 32.2. The number of para-hydroxylation sites is 1. The number of benzene rings is 1. The number of nitrogens with one attached hydrogen (secondary N) is 1. The van der Waals surface area contributed by atoms with Gasteiger partial charge in [0.05, 0.1) is 18.0 Å². The minimum atomic E-state index is -3.35. The fourth-order valence-electron chi connectivity index (χ4n) is 3.69. The summed E-state index contributed by atoms with van der Waals surface area (Å²) in [7, 11) is -3.35. The van der Waals surface area contributed by atoms with Crippen molar-refractivity contribution in [3.8, 4) is 0 Å². The van der Waals surface area contributed by atoms with Crippen LogP contribution >= 0.6 is 0 Å². The molecule has 0 saturated carbocycles. The normalized spacial score (nSPS) is 19.7. The van der Waals surface area contributed by atoms with Crippen LogP contribution in [0.3, 0.4) is 0 Å². The van der Waals surface area contributed by atoms with Crippen LogP contribution in [-0.2, 0) is 16.4 Å². The van der Waals surface area contributed by atoms with Gasteiger partial charge in [0.2, 0.25) is 10.0 Å². The van der Waals surface area contributed by atoms with Crippen molar-refractivity contribution in [1.29, 1.82) is 0 Å². The summed E-state index contributed by atoms with van der Waals surface area (Å²) in [5.74, 6) is 0.864. The molecular weight excluding hydrogens is 348 g/mol. The molecule has 0 atom stereocenters. The van der Waals surface area contributed by atoms with E-state index in [2.05, 4.69) is 29.1 Å². The van der Waals surface area contributed by atoms with E-state index in [1.54, 1.807) is 4.31 Å². The zero-order valence-corrected chi connectivity index (χ0v) is 16.8. The van der Waals surface area contributed by atoms with Crippen molar-refractivity contribution in [3.05, 3.63) is 29.8 Å². The number of nitrogens with zero attached hydrogens (tertiary/aromatic N) is 3. The van der Waals surface area contributed by atoms with Gasteiger partial charge in [-0.3, -0.25) is 9.30 Å². The van der Waals surface area contributed by atoms with Gasteiger partial charge in [0.1, 0.15) is 0 Å². The van der Waals surface area contributed by atoms with Gasteiger partial charge in [-0.2, -0.15) is 0 Å². The molecule has 7 heteroatoms. The van der Waals surface area contributed by atoms with Gasteiger partial charge in [0, 0.05) is 26.2 Å². The van der Waals surface area contributed by atoms with E-state index in [0.717, 1.165) is 49.7 Å². The second-order valence-electron chi connectivity index (χ2n) is 7.84. The molecule has 1 aromatic carbocycles. The average molecular weight is 379 g/mol. The number of rotatable bonds is 5. The third-order valence-corrected chi connectivity index (χ3v) is 6.85. The second-order valence-corrected chi connectivity index (χ2v) is 9.85. The summed E-state index contributed by atoms with van der Waals surface area (Å²) < 4.78 is 27.1. The number of anilines is 1. The lowest BCUT2D eigenvalue weighted by atomic mass is 9.93. The SMILES string of the molecule is CCNC(=NCCS(=O)(=O)N1CCc2ccccc21)N1CCC(C)(C)C1. The molecule has 0 bridgehead atoms. The Morgan fingerprint density at radius 3 is 2.73 bits per heavy atom. The third kappa shape index (κ3) is 4.14. The lowest BCUT2D eigenvalue weighted by Crippen LogP contribution is -2.41. The summed E-state index contributed by atoms with van der Waals surface area (Å²) in [6.07, 6.45) is 1.91. The molecule has 0 aromatic heterocycles. The molecule has 0 aliphatic carbocycles. The molecule has 1 fully saturated rings. The first kappa shape index (κ1) is 19.0. The van der Waals surface area contributed by atoms with Gasteiger partial charge < -0.3 is 10.2 Å². The number of aliphatic imine (C=N–C) groups is 1. The Kier molecular flexibility index (Phi) is 5.46. The lowest BCUT2D eigenvalue weighted by molar-refractivity contribution is 0.370. The summed E-state index contributed by atoms with van der Waals surface area (Å²) in [5, 5.41) is 3.30. The monoisotopic (exact) mass is 378 g/mol. The van der Waals surface area contributed by atoms with Gasteiger partial charge in [-0.15, -0.1) is 0 Å². The van der Waals surface area contributed by atoms with E-state index in [-0.39, 0.29) is 17.7 Å². The van der Waals surface area contributed by atoms with Crippen molar-refractivity contribution in [2.45, 2.75) is 33.6 Å². The minimum Gasteiger partial charge on any atom is -0.357 e. The number of hydrogen-bond donors (Lipinski definition) is 1. The van der Waals surface area contributed by atoms with Gasteiger partial charge in [0.25, 0.3) is 0 Å². The van der Waals surface area contributed by atoms with E-state index >= 15 is 0 Å². The molecule has 1 N–H and O–H groups in total. The summed E-state index contributed by atoms with van der Waals surface area (Å²) in [6.45, 7) is 10.1. The van der Waals surface area contributed by atoms with Crippen molar-refractivity contribution in [1.82, 2.24) is 10.2 Å².